The van der Waals surface area contributed by atoms with Gasteiger partial charge in [-0.1, -0.05) is 26.0 Å². The molecular weight excluding hydrogens is 385 g/mol. The molecule has 0 amide bonds. The van der Waals surface area contributed by atoms with E-state index in [1.807, 2.05) is 20.8 Å². The lowest BCUT2D eigenvalue weighted by Gasteiger charge is -2.17. The number of fused-ring (bicyclic) bond motifs is 1. The van der Waals surface area contributed by atoms with Crippen LogP contribution in [0.1, 0.15) is 36.7 Å². The molecule has 0 aliphatic rings. The Morgan fingerprint density at radius 1 is 1.07 bits per heavy atom. The van der Waals surface area contributed by atoms with Crippen molar-refractivity contribution in [3.63, 3.8) is 0 Å². The fourth-order valence-corrected chi connectivity index (χ4v) is 3.53. The van der Waals surface area contributed by atoms with E-state index in [4.69, 9.17) is 0 Å². The third-order valence-corrected chi connectivity index (χ3v) is 4.96. The van der Waals surface area contributed by atoms with Crippen molar-refractivity contribution >= 4 is 11.2 Å². The number of nitrogens with one attached hydrogen (secondary N) is 1. The molecule has 4 aromatic rings. The Hall–Kier alpha value is -3.68. The summed E-state index contributed by atoms with van der Waals surface area (Å²) < 4.78 is 15.8. The second-order valence-electron chi connectivity index (χ2n) is 7.42. The van der Waals surface area contributed by atoms with Gasteiger partial charge in [0.1, 0.15) is 5.82 Å². The number of hydrogen-bond donors (Lipinski definition) is 1. The van der Waals surface area contributed by atoms with E-state index in [1.54, 1.807) is 37.4 Å². The third kappa shape index (κ3) is 3.10. The fraction of sp³-hybridized carbons (Fsp3) is 0.227. The van der Waals surface area contributed by atoms with Gasteiger partial charge in [-0.05, 0) is 43.5 Å². The molecule has 0 spiro atoms. The van der Waals surface area contributed by atoms with Gasteiger partial charge in [-0.2, -0.15) is 0 Å². The molecule has 4 rings (SSSR count). The minimum atomic E-state index is -0.650. The predicted octanol–water partition coefficient (Wildman–Crippen LogP) is 3.41. The van der Waals surface area contributed by atoms with E-state index in [-0.39, 0.29) is 28.3 Å². The van der Waals surface area contributed by atoms with Gasteiger partial charge in [-0.15, -0.1) is 0 Å². The summed E-state index contributed by atoms with van der Waals surface area (Å²) in [6, 6.07) is 7.97. The number of nitrogens with zero attached hydrogens (tertiary/aromatic N) is 4. The number of aryl methyl sites for hydroxylation is 2. The smallest absolute Gasteiger partial charge is 0.272 e. The van der Waals surface area contributed by atoms with Gasteiger partial charge in [0.15, 0.2) is 11.2 Å². The van der Waals surface area contributed by atoms with E-state index in [9.17, 15) is 14.0 Å². The summed E-state index contributed by atoms with van der Waals surface area (Å²) in [6.45, 7) is 7.43. The number of benzene rings is 1. The minimum Gasteiger partial charge on any atom is -0.272 e. The topological polar surface area (TPSA) is 93.5 Å². The van der Waals surface area contributed by atoms with Crippen molar-refractivity contribution in [2.24, 2.45) is 0 Å². The molecule has 0 saturated heterocycles. The van der Waals surface area contributed by atoms with E-state index in [0.29, 0.717) is 17.1 Å². The molecule has 0 aliphatic heterocycles. The summed E-state index contributed by atoms with van der Waals surface area (Å²) in [5.74, 6) is -0.452. The van der Waals surface area contributed by atoms with Crippen LogP contribution in [0.5, 0.6) is 0 Å². The van der Waals surface area contributed by atoms with Crippen LogP contribution in [0, 0.1) is 19.7 Å². The van der Waals surface area contributed by atoms with Crippen molar-refractivity contribution in [1.29, 1.82) is 0 Å². The predicted molar refractivity (Wildman–Crippen MR) is 113 cm³/mol. The second-order valence-corrected chi connectivity index (χ2v) is 7.42. The van der Waals surface area contributed by atoms with Gasteiger partial charge in [0, 0.05) is 11.8 Å². The minimum absolute atomic E-state index is 0.00477. The van der Waals surface area contributed by atoms with E-state index in [1.165, 1.54) is 10.6 Å². The Labute approximate surface area is 171 Å². The summed E-state index contributed by atoms with van der Waals surface area (Å²) in [7, 11) is 0. The molecule has 0 bridgehead atoms. The summed E-state index contributed by atoms with van der Waals surface area (Å²) in [6.07, 6.45) is 1.67. The zero-order chi connectivity index (χ0) is 21.6. The van der Waals surface area contributed by atoms with Crippen LogP contribution in [0.3, 0.4) is 0 Å². The summed E-state index contributed by atoms with van der Waals surface area (Å²) in [5.41, 5.74) is 1.68. The quantitative estimate of drug-likeness (QED) is 0.564. The maximum absolute atomic E-state index is 14.5. The third-order valence-electron chi connectivity index (χ3n) is 4.96. The van der Waals surface area contributed by atoms with Crippen LogP contribution in [0.25, 0.3) is 28.1 Å². The summed E-state index contributed by atoms with van der Waals surface area (Å²) in [4.78, 5) is 41.1. The average molecular weight is 405 g/mol. The highest BCUT2D eigenvalue weighted by Gasteiger charge is 2.21. The molecule has 0 aliphatic carbocycles. The van der Waals surface area contributed by atoms with Crippen LogP contribution in [-0.4, -0.2) is 24.5 Å². The van der Waals surface area contributed by atoms with Crippen LogP contribution >= 0.6 is 0 Å². The molecule has 0 fully saturated rings. The number of H-pyrrole nitrogens is 1. The molecule has 0 atom stereocenters. The number of rotatable bonds is 3. The van der Waals surface area contributed by atoms with Crippen molar-refractivity contribution in [1.82, 2.24) is 24.5 Å². The largest absolute Gasteiger partial charge is 0.334 e. The van der Waals surface area contributed by atoms with E-state index in [2.05, 4.69) is 19.9 Å². The lowest BCUT2D eigenvalue weighted by molar-refractivity contribution is 0.630. The van der Waals surface area contributed by atoms with Gasteiger partial charge in [0.05, 0.1) is 22.8 Å². The van der Waals surface area contributed by atoms with Crippen LogP contribution in [0.2, 0.25) is 0 Å². The standard InChI is InChI=1S/C22H20FN5O2/c1-11(2)16-19(12(3)9-10-24-16)28-20-18(21(29)27-22(28)30)25-13(4)17(26-20)14-7-5-6-8-15(14)23/h5-11H,1-4H3,(H,27,29,30). The zero-order valence-corrected chi connectivity index (χ0v) is 17.0. The first kappa shape index (κ1) is 19.6. The molecule has 3 heterocycles. The van der Waals surface area contributed by atoms with Crippen LogP contribution in [-0.2, 0) is 0 Å². The molecule has 0 unspecified atom stereocenters. The average Bonchev–Trinajstić information content (AvgIpc) is 2.69. The van der Waals surface area contributed by atoms with Crippen LogP contribution in [0.4, 0.5) is 4.39 Å². The van der Waals surface area contributed by atoms with Gasteiger partial charge in [-0.3, -0.25) is 14.8 Å². The lowest BCUT2D eigenvalue weighted by atomic mass is 10.0. The SMILES string of the molecule is Cc1ccnc(C(C)C)c1-n1c(=O)[nH]c(=O)c2nc(C)c(-c3ccccc3F)nc21. The first-order chi connectivity index (χ1) is 14.3. The van der Waals surface area contributed by atoms with Crippen molar-refractivity contribution in [3.8, 4) is 16.9 Å². The van der Waals surface area contributed by atoms with Crippen molar-refractivity contribution < 1.29 is 4.39 Å². The summed E-state index contributed by atoms with van der Waals surface area (Å²) in [5, 5.41) is 0. The van der Waals surface area contributed by atoms with Crippen LogP contribution in [0.15, 0.2) is 46.1 Å². The van der Waals surface area contributed by atoms with Crippen LogP contribution < -0.4 is 11.2 Å². The Morgan fingerprint density at radius 3 is 2.50 bits per heavy atom. The highest BCUT2D eigenvalue weighted by atomic mass is 19.1. The Balaban J connectivity index is 2.18. The summed E-state index contributed by atoms with van der Waals surface area (Å²) >= 11 is 0. The first-order valence-corrected chi connectivity index (χ1v) is 9.54. The molecule has 8 heteroatoms. The second kappa shape index (κ2) is 7.29. The van der Waals surface area contributed by atoms with Crippen molar-refractivity contribution in [2.75, 3.05) is 0 Å². The van der Waals surface area contributed by atoms with E-state index < -0.39 is 17.1 Å². The van der Waals surface area contributed by atoms with Gasteiger partial charge < -0.3 is 0 Å². The number of aromatic amines is 1. The Kier molecular flexibility index (Phi) is 4.77. The monoisotopic (exact) mass is 405 g/mol. The Bertz CT molecular complexity index is 1410. The zero-order valence-electron chi connectivity index (χ0n) is 17.0. The molecule has 30 heavy (non-hydrogen) atoms. The van der Waals surface area contributed by atoms with Gasteiger partial charge in [0.2, 0.25) is 0 Å². The number of hydrogen-bond acceptors (Lipinski definition) is 5. The van der Waals surface area contributed by atoms with Gasteiger partial charge in [-0.25, -0.2) is 23.7 Å². The lowest BCUT2D eigenvalue weighted by Crippen LogP contribution is -2.32. The van der Waals surface area contributed by atoms with E-state index in [0.717, 1.165) is 5.56 Å². The molecule has 1 aromatic carbocycles. The normalized spacial score (nSPS) is 11.4. The molecule has 152 valence electrons. The first-order valence-electron chi connectivity index (χ1n) is 9.54. The molecule has 1 N–H and O–H groups in total. The van der Waals surface area contributed by atoms with Crippen molar-refractivity contribution in [2.45, 2.75) is 33.6 Å². The Morgan fingerprint density at radius 2 is 1.80 bits per heavy atom. The molecule has 7 nitrogen and oxygen atoms in total. The van der Waals surface area contributed by atoms with E-state index >= 15 is 0 Å². The van der Waals surface area contributed by atoms with Crippen molar-refractivity contribution in [3.05, 3.63) is 80.1 Å². The fourth-order valence-electron chi connectivity index (χ4n) is 3.53. The molecule has 3 aromatic heterocycles. The number of aromatic nitrogens is 5. The highest BCUT2D eigenvalue weighted by Crippen LogP contribution is 2.27. The highest BCUT2D eigenvalue weighted by molar-refractivity contribution is 5.77. The maximum atomic E-state index is 14.5. The molecule has 0 radical (unpaired) electrons. The maximum Gasteiger partial charge on any atom is 0.334 e. The molecule has 0 saturated carbocycles. The molecular formula is C22H20FN5O2. The number of pyridine rings is 1. The van der Waals surface area contributed by atoms with Gasteiger partial charge in [0.25, 0.3) is 5.56 Å². The van der Waals surface area contributed by atoms with Gasteiger partial charge >= 0.3 is 5.69 Å². The number of halogens is 1.